The number of hydrogen-bond acceptors (Lipinski definition) is 3. The monoisotopic (exact) mass is 185 g/mol. The molecule has 0 spiro atoms. The van der Waals surface area contributed by atoms with Crippen molar-refractivity contribution in [3.8, 4) is 0 Å². The second kappa shape index (κ2) is 3.23. The highest BCUT2D eigenvalue weighted by atomic mass is 16.6. The molecule has 2 fully saturated rings. The van der Waals surface area contributed by atoms with Crippen LogP contribution in [0, 0.1) is 5.41 Å². The number of likely N-dealkylation sites (tertiary alicyclic amines) is 1. The molecule has 0 amide bonds. The van der Waals surface area contributed by atoms with Crippen molar-refractivity contribution < 1.29 is 9.84 Å². The Kier molecular flexibility index (Phi) is 2.34. The lowest BCUT2D eigenvalue weighted by atomic mass is 9.90. The van der Waals surface area contributed by atoms with Gasteiger partial charge in [-0.15, -0.1) is 0 Å². The lowest BCUT2D eigenvalue weighted by Gasteiger charge is -2.21. The molecular weight excluding hydrogens is 166 g/mol. The molecule has 2 rings (SSSR count). The predicted molar refractivity (Wildman–Crippen MR) is 50.6 cm³/mol. The van der Waals surface area contributed by atoms with Gasteiger partial charge in [0.15, 0.2) is 0 Å². The van der Waals surface area contributed by atoms with Gasteiger partial charge in [-0.05, 0) is 6.42 Å². The first-order chi connectivity index (χ1) is 6.08. The van der Waals surface area contributed by atoms with Crippen molar-refractivity contribution in [3.05, 3.63) is 0 Å². The molecule has 2 saturated heterocycles. The zero-order chi connectivity index (χ0) is 9.47. The minimum Gasteiger partial charge on any atom is -0.391 e. The topological polar surface area (TPSA) is 36.0 Å². The number of aliphatic hydroxyl groups is 1. The van der Waals surface area contributed by atoms with E-state index in [9.17, 15) is 5.11 Å². The van der Waals surface area contributed by atoms with E-state index in [1.807, 2.05) is 0 Å². The quantitative estimate of drug-likeness (QED) is 0.650. The molecule has 0 aromatic rings. The van der Waals surface area contributed by atoms with Gasteiger partial charge in [0.1, 0.15) is 0 Å². The Morgan fingerprint density at radius 2 is 2.23 bits per heavy atom. The molecule has 0 saturated carbocycles. The SMILES string of the molecule is CC1(C)CN(CCC2CO2)CC1O. The number of rotatable bonds is 3. The molecule has 2 aliphatic heterocycles. The number of aliphatic hydroxyl groups excluding tert-OH is 1. The zero-order valence-electron chi connectivity index (χ0n) is 8.49. The van der Waals surface area contributed by atoms with Gasteiger partial charge >= 0.3 is 0 Å². The summed E-state index contributed by atoms with van der Waals surface area (Å²) in [7, 11) is 0. The fraction of sp³-hybridized carbons (Fsp3) is 1.00. The molecule has 76 valence electrons. The summed E-state index contributed by atoms with van der Waals surface area (Å²) in [6, 6.07) is 0. The lowest BCUT2D eigenvalue weighted by molar-refractivity contribution is 0.0955. The summed E-state index contributed by atoms with van der Waals surface area (Å²) < 4.78 is 5.16. The Morgan fingerprint density at radius 1 is 1.54 bits per heavy atom. The molecule has 0 aromatic carbocycles. The molecule has 0 aliphatic carbocycles. The van der Waals surface area contributed by atoms with Gasteiger partial charge in [0.05, 0.1) is 18.8 Å². The Morgan fingerprint density at radius 3 is 2.69 bits per heavy atom. The van der Waals surface area contributed by atoms with Crippen LogP contribution in [-0.4, -0.2) is 48.5 Å². The first-order valence-corrected chi connectivity index (χ1v) is 5.10. The minimum absolute atomic E-state index is 0.0738. The van der Waals surface area contributed by atoms with Gasteiger partial charge in [0.2, 0.25) is 0 Å². The highest BCUT2D eigenvalue weighted by Crippen LogP contribution is 2.29. The summed E-state index contributed by atoms with van der Waals surface area (Å²) >= 11 is 0. The molecule has 0 radical (unpaired) electrons. The summed E-state index contributed by atoms with van der Waals surface area (Å²) in [5.74, 6) is 0. The van der Waals surface area contributed by atoms with E-state index in [4.69, 9.17) is 4.74 Å². The van der Waals surface area contributed by atoms with Gasteiger partial charge in [-0.3, -0.25) is 0 Å². The Hall–Kier alpha value is -0.120. The van der Waals surface area contributed by atoms with E-state index in [1.54, 1.807) is 0 Å². The van der Waals surface area contributed by atoms with E-state index in [1.165, 1.54) is 0 Å². The molecule has 2 heterocycles. The largest absolute Gasteiger partial charge is 0.391 e. The van der Waals surface area contributed by atoms with Crippen LogP contribution in [0.3, 0.4) is 0 Å². The number of nitrogens with zero attached hydrogens (tertiary/aromatic N) is 1. The van der Waals surface area contributed by atoms with E-state index in [0.717, 1.165) is 32.7 Å². The molecular formula is C10H19NO2. The van der Waals surface area contributed by atoms with Gasteiger partial charge < -0.3 is 14.7 Å². The van der Waals surface area contributed by atoms with E-state index >= 15 is 0 Å². The molecule has 2 unspecified atom stereocenters. The number of β-amino-alcohol motifs (C(OH)–C–C–N with tert-alkyl or cyclic N) is 1. The number of epoxide rings is 1. The zero-order valence-corrected chi connectivity index (χ0v) is 8.49. The number of hydrogen-bond donors (Lipinski definition) is 1. The molecule has 3 nitrogen and oxygen atoms in total. The average molecular weight is 185 g/mol. The van der Waals surface area contributed by atoms with Crippen molar-refractivity contribution in [2.24, 2.45) is 5.41 Å². The van der Waals surface area contributed by atoms with Crippen molar-refractivity contribution in [1.29, 1.82) is 0 Å². The van der Waals surface area contributed by atoms with E-state index in [2.05, 4.69) is 18.7 Å². The summed E-state index contributed by atoms with van der Waals surface area (Å²) in [5.41, 5.74) is 0.0738. The molecule has 0 aromatic heterocycles. The summed E-state index contributed by atoms with van der Waals surface area (Å²) in [5, 5.41) is 9.74. The van der Waals surface area contributed by atoms with Crippen molar-refractivity contribution in [3.63, 3.8) is 0 Å². The van der Waals surface area contributed by atoms with Gasteiger partial charge in [-0.1, -0.05) is 13.8 Å². The summed E-state index contributed by atoms with van der Waals surface area (Å²) in [6.45, 7) is 8.13. The lowest BCUT2D eigenvalue weighted by Crippen LogP contribution is -2.26. The van der Waals surface area contributed by atoms with E-state index in [0.29, 0.717) is 6.10 Å². The summed E-state index contributed by atoms with van der Waals surface area (Å²) in [6.07, 6.45) is 1.48. The van der Waals surface area contributed by atoms with Gasteiger partial charge in [-0.2, -0.15) is 0 Å². The Labute approximate surface area is 79.7 Å². The van der Waals surface area contributed by atoms with Crippen molar-refractivity contribution in [2.75, 3.05) is 26.2 Å². The molecule has 2 atom stereocenters. The standard InChI is InChI=1S/C10H19NO2/c1-10(2)7-11(5-9(10)12)4-3-8-6-13-8/h8-9,12H,3-7H2,1-2H3. The minimum atomic E-state index is -0.160. The van der Waals surface area contributed by atoms with Crippen LogP contribution in [0.25, 0.3) is 0 Å². The van der Waals surface area contributed by atoms with Gasteiger partial charge in [-0.25, -0.2) is 0 Å². The molecule has 13 heavy (non-hydrogen) atoms. The second-order valence-corrected chi connectivity index (χ2v) is 4.98. The first-order valence-electron chi connectivity index (χ1n) is 5.10. The highest BCUT2D eigenvalue weighted by molar-refractivity contribution is 4.91. The Bertz CT molecular complexity index is 189. The summed E-state index contributed by atoms with van der Waals surface area (Å²) in [4.78, 5) is 2.34. The van der Waals surface area contributed by atoms with Crippen LogP contribution in [0.2, 0.25) is 0 Å². The van der Waals surface area contributed by atoms with Crippen molar-refractivity contribution >= 4 is 0 Å². The van der Waals surface area contributed by atoms with Gasteiger partial charge in [0.25, 0.3) is 0 Å². The van der Waals surface area contributed by atoms with Crippen LogP contribution < -0.4 is 0 Å². The van der Waals surface area contributed by atoms with Crippen LogP contribution in [0.4, 0.5) is 0 Å². The van der Waals surface area contributed by atoms with Crippen LogP contribution in [0.5, 0.6) is 0 Å². The van der Waals surface area contributed by atoms with E-state index < -0.39 is 0 Å². The van der Waals surface area contributed by atoms with E-state index in [-0.39, 0.29) is 11.5 Å². The number of ether oxygens (including phenoxy) is 1. The van der Waals surface area contributed by atoms with Crippen LogP contribution >= 0.6 is 0 Å². The van der Waals surface area contributed by atoms with Crippen LogP contribution in [0.15, 0.2) is 0 Å². The van der Waals surface area contributed by atoms with Crippen LogP contribution in [0.1, 0.15) is 20.3 Å². The second-order valence-electron chi connectivity index (χ2n) is 4.98. The fourth-order valence-electron chi connectivity index (χ4n) is 1.97. The normalized spacial score (nSPS) is 38.1. The molecule has 1 N–H and O–H groups in total. The Balaban J connectivity index is 1.76. The maximum absolute atomic E-state index is 9.74. The smallest absolute Gasteiger partial charge is 0.0822 e. The maximum Gasteiger partial charge on any atom is 0.0822 e. The highest BCUT2D eigenvalue weighted by Gasteiger charge is 2.38. The fourth-order valence-corrected chi connectivity index (χ4v) is 1.97. The predicted octanol–water partition coefficient (Wildman–Crippen LogP) is 0.478. The first kappa shape index (κ1) is 9.44. The molecule has 3 heteroatoms. The maximum atomic E-state index is 9.74. The average Bonchev–Trinajstić information content (AvgIpc) is 2.78. The van der Waals surface area contributed by atoms with Crippen molar-refractivity contribution in [2.45, 2.75) is 32.5 Å². The third-order valence-corrected chi connectivity index (χ3v) is 3.13. The molecule has 2 aliphatic rings. The molecule has 0 bridgehead atoms. The van der Waals surface area contributed by atoms with Crippen molar-refractivity contribution in [1.82, 2.24) is 4.90 Å². The van der Waals surface area contributed by atoms with Gasteiger partial charge in [0, 0.05) is 25.0 Å². The van der Waals surface area contributed by atoms with Crippen LogP contribution in [-0.2, 0) is 4.74 Å². The third kappa shape index (κ3) is 2.22. The third-order valence-electron chi connectivity index (χ3n) is 3.13.